The Bertz CT molecular complexity index is 1260. The normalized spacial score (nSPS) is 10.8. The van der Waals surface area contributed by atoms with Gasteiger partial charge in [0.1, 0.15) is 11.5 Å². The number of anilines is 2. The summed E-state index contributed by atoms with van der Waals surface area (Å²) in [6.45, 7) is 2.12. The van der Waals surface area contributed by atoms with Gasteiger partial charge in [-0.05, 0) is 61.5 Å². The summed E-state index contributed by atoms with van der Waals surface area (Å²) in [4.78, 5) is 24.6. The Morgan fingerprint density at radius 2 is 1.68 bits per heavy atom. The van der Waals surface area contributed by atoms with Crippen molar-refractivity contribution < 1.29 is 27.5 Å². The molecular weight excluding hydrogens is 458 g/mol. The van der Waals surface area contributed by atoms with Gasteiger partial charge in [0.15, 0.2) is 0 Å². The van der Waals surface area contributed by atoms with Crippen LogP contribution in [-0.4, -0.2) is 40.5 Å². The Morgan fingerprint density at radius 3 is 2.38 bits per heavy atom. The molecule has 0 fully saturated rings. The number of benzene rings is 3. The number of methoxy groups -OCH3 is 1. The molecule has 0 spiro atoms. The maximum atomic E-state index is 12.8. The summed E-state index contributed by atoms with van der Waals surface area (Å²) in [5.41, 5.74) is 0.917. The molecule has 34 heavy (non-hydrogen) atoms. The molecule has 0 aromatic heterocycles. The Labute approximate surface area is 198 Å². The van der Waals surface area contributed by atoms with Gasteiger partial charge in [0, 0.05) is 11.3 Å². The third-order valence-electron chi connectivity index (χ3n) is 4.62. The maximum Gasteiger partial charge on any atom is 0.262 e. The highest BCUT2D eigenvalue weighted by Gasteiger charge is 2.18. The number of carbonyl (C=O) groups excluding carboxylic acids is 2. The minimum atomic E-state index is -3.98. The molecule has 10 heteroatoms. The largest absolute Gasteiger partial charge is 0.495 e. The van der Waals surface area contributed by atoms with E-state index in [-0.39, 0.29) is 22.7 Å². The van der Waals surface area contributed by atoms with Crippen LogP contribution < -0.4 is 24.8 Å². The van der Waals surface area contributed by atoms with Crippen molar-refractivity contribution in [1.82, 2.24) is 5.32 Å². The van der Waals surface area contributed by atoms with Crippen molar-refractivity contribution in [1.29, 1.82) is 0 Å². The predicted octanol–water partition coefficient (Wildman–Crippen LogP) is 3.26. The molecule has 3 aromatic rings. The van der Waals surface area contributed by atoms with Gasteiger partial charge in [0.05, 0.1) is 30.8 Å². The maximum absolute atomic E-state index is 12.8. The molecule has 0 radical (unpaired) electrons. The lowest BCUT2D eigenvalue weighted by molar-refractivity contribution is -0.115. The van der Waals surface area contributed by atoms with Crippen LogP contribution in [0.1, 0.15) is 17.3 Å². The molecule has 0 unspecified atom stereocenters. The fraction of sp³-hybridized carbons (Fsp3) is 0.167. The van der Waals surface area contributed by atoms with Crippen molar-refractivity contribution in [3.8, 4) is 11.5 Å². The Kier molecular flexibility index (Phi) is 8.10. The zero-order chi connectivity index (χ0) is 24.6. The van der Waals surface area contributed by atoms with Gasteiger partial charge in [-0.1, -0.05) is 18.2 Å². The second kappa shape index (κ2) is 11.2. The van der Waals surface area contributed by atoms with E-state index in [1.165, 1.54) is 31.4 Å². The van der Waals surface area contributed by atoms with Crippen molar-refractivity contribution in [3.63, 3.8) is 0 Å². The fourth-order valence-electron chi connectivity index (χ4n) is 3.01. The lowest BCUT2D eigenvalue weighted by Gasteiger charge is -2.12. The van der Waals surface area contributed by atoms with Gasteiger partial charge >= 0.3 is 0 Å². The first-order chi connectivity index (χ1) is 16.3. The average Bonchev–Trinajstić information content (AvgIpc) is 2.84. The first-order valence-electron chi connectivity index (χ1n) is 10.4. The van der Waals surface area contributed by atoms with E-state index in [9.17, 15) is 18.0 Å². The number of para-hydroxylation sites is 2. The Balaban J connectivity index is 1.62. The summed E-state index contributed by atoms with van der Waals surface area (Å²) in [6, 6.07) is 18.9. The molecule has 9 nitrogen and oxygen atoms in total. The molecule has 3 N–H and O–H groups in total. The number of carbonyl (C=O) groups is 2. The van der Waals surface area contributed by atoms with E-state index >= 15 is 0 Å². The Hall–Kier alpha value is -4.05. The standard InChI is InChI=1S/C24H25N3O6S/c1-3-33-19-13-11-18(12-14-19)26-23(28)16-25-24(29)17-7-6-8-20(15-17)34(30,31)27-21-9-4-5-10-22(21)32-2/h4-15,27H,3,16H2,1-2H3,(H,25,29)(H,26,28). The predicted molar refractivity (Wildman–Crippen MR) is 129 cm³/mol. The molecule has 0 bridgehead atoms. The summed E-state index contributed by atoms with van der Waals surface area (Å²) >= 11 is 0. The van der Waals surface area contributed by atoms with Gasteiger partial charge < -0.3 is 20.1 Å². The molecule has 0 aliphatic carbocycles. The third-order valence-corrected chi connectivity index (χ3v) is 5.98. The minimum Gasteiger partial charge on any atom is -0.495 e. The number of hydrogen-bond donors (Lipinski definition) is 3. The van der Waals surface area contributed by atoms with Gasteiger partial charge in [-0.2, -0.15) is 0 Å². The lowest BCUT2D eigenvalue weighted by Crippen LogP contribution is -2.33. The molecule has 0 heterocycles. The molecule has 3 aromatic carbocycles. The average molecular weight is 484 g/mol. The van der Waals surface area contributed by atoms with Gasteiger partial charge in [0.25, 0.3) is 15.9 Å². The van der Waals surface area contributed by atoms with Crippen LogP contribution in [0.25, 0.3) is 0 Å². The van der Waals surface area contributed by atoms with E-state index in [0.29, 0.717) is 23.8 Å². The zero-order valence-electron chi connectivity index (χ0n) is 18.7. The number of nitrogens with one attached hydrogen (secondary N) is 3. The van der Waals surface area contributed by atoms with Crippen molar-refractivity contribution in [2.24, 2.45) is 0 Å². The lowest BCUT2D eigenvalue weighted by atomic mass is 10.2. The van der Waals surface area contributed by atoms with Crippen LogP contribution >= 0.6 is 0 Å². The smallest absolute Gasteiger partial charge is 0.262 e. The summed E-state index contributed by atoms with van der Waals surface area (Å²) in [6.07, 6.45) is 0. The number of amides is 2. The third kappa shape index (κ3) is 6.48. The molecule has 2 amide bonds. The van der Waals surface area contributed by atoms with E-state index in [2.05, 4.69) is 15.4 Å². The molecule has 3 rings (SSSR count). The number of rotatable bonds is 10. The highest BCUT2D eigenvalue weighted by molar-refractivity contribution is 7.92. The van der Waals surface area contributed by atoms with Crippen LogP contribution in [0.5, 0.6) is 11.5 Å². The highest BCUT2D eigenvalue weighted by Crippen LogP contribution is 2.26. The van der Waals surface area contributed by atoms with Crippen molar-refractivity contribution in [2.45, 2.75) is 11.8 Å². The summed E-state index contributed by atoms with van der Waals surface area (Å²) in [5, 5.41) is 5.15. The molecule has 0 saturated carbocycles. The second-order valence-electron chi connectivity index (χ2n) is 7.02. The van der Waals surface area contributed by atoms with Crippen molar-refractivity contribution >= 4 is 33.2 Å². The van der Waals surface area contributed by atoms with Crippen molar-refractivity contribution in [2.75, 3.05) is 30.3 Å². The molecular formula is C24H25N3O6S. The number of sulfonamides is 1. The second-order valence-corrected chi connectivity index (χ2v) is 8.70. The monoisotopic (exact) mass is 483 g/mol. The fourth-order valence-corrected chi connectivity index (χ4v) is 4.12. The van der Waals surface area contributed by atoms with Gasteiger partial charge in [0.2, 0.25) is 5.91 Å². The summed E-state index contributed by atoms with van der Waals surface area (Å²) < 4.78 is 38.6. The molecule has 0 aliphatic rings. The molecule has 0 aliphatic heterocycles. The van der Waals surface area contributed by atoms with Gasteiger partial charge in [-0.15, -0.1) is 0 Å². The summed E-state index contributed by atoms with van der Waals surface area (Å²) in [7, 11) is -2.55. The first-order valence-corrected chi connectivity index (χ1v) is 11.9. The number of ether oxygens (including phenoxy) is 2. The topological polar surface area (TPSA) is 123 Å². The molecule has 0 atom stereocenters. The van der Waals surface area contributed by atoms with Gasteiger partial charge in [-0.25, -0.2) is 8.42 Å². The van der Waals surface area contributed by atoms with Crippen LogP contribution in [-0.2, 0) is 14.8 Å². The SMILES string of the molecule is CCOc1ccc(NC(=O)CNC(=O)c2cccc(S(=O)(=O)Nc3ccccc3OC)c2)cc1. The quantitative estimate of drug-likeness (QED) is 0.407. The molecule has 0 saturated heterocycles. The minimum absolute atomic E-state index is 0.0942. The Morgan fingerprint density at radius 1 is 0.941 bits per heavy atom. The first kappa shape index (κ1) is 24.6. The van der Waals surface area contributed by atoms with E-state index < -0.39 is 21.8 Å². The van der Waals surface area contributed by atoms with Crippen LogP contribution in [0.4, 0.5) is 11.4 Å². The van der Waals surface area contributed by atoms with E-state index in [4.69, 9.17) is 9.47 Å². The van der Waals surface area contributed by atoms with E-state index in [1.54, 1.807) is 48.5 Å². The van der Waals surface area contributed by atoms with Crippen LogP contribution in [0, 0.1) is 0 Å². The van der Waals surface area contributed by atoms with Crippen LogP contribution in [0.2, 0.25) is 0 Å². The van der Waals surface area contributed by atoms with E-state index in [1.807, 2.05) is 6.92 Å². The van der Waals surface area contributed by atoms with Gasteiger partial charge in [-0.3, -0.25) is 14.3 Å². The van der Waals surface area contributed by atoms with Crippen LogP contribution in [0.3, 0.4) is 0 Å². The van der Waals surface area contributed by atoms with Crippen LogP contribution in [0.15, 0.2) is 77.7 Å². The highest BCUT2D eigenvalue weighted by atomic mass is 32.2. The van der Waals surface area contributed by atoms with Crippen molar-refractivity contribution in [3.05, 3.63) is 78.4 Å². The zero-order valence-corrected chi connectivity index (χ0v) is 19.5. The van der Waals surface area contributed by atoms with E-state index in [0.717, 1.165) is 0 Å². The number of hydrogen-bond acceptors (Lipinski definition) is 6. The summed E-state index contributed by atoms with van der Waals surface area (Å²) in [5.74, 6) is 0.0256. The molecule has 178 valence electrons.